The smallest absolute Gasteiger partial charge is 0.250 e. The molecule has 3 amide bonds. The summed E-state index contributed by atoms with van der Waals surface area (Å²) in [5, 5.41) is 8.26. The summed E-state index contributed by atoms with van der Waals surface area (Å²) in [6, 6.07) is 8.32. The number of benzene rings is 1. The lowest BCUT2D eigenvalue weighted by molar-refractivity contribution is -0.121. The van der Waals surface area contributed by atoms with Gasteiger partial charge in [0.05, 0.1) is 5.75 Å². The van der Waals surface area contributed by atoms with E-state index in [1.165, 1.54) is 22.9 Å². The van der Waals surface area contributed by atoms with Crippen LogP contribution in [0.4, 0.5) is 0 Å². The van der Waals surface area contributed by atoms with Crippen molar-refractivity contribution < 1.29 is 14.4 Å². The lowest BCUT2D eigenvalue weighted by atomic mass is 10.1. The fourth-order valence-electron chi connectivity index (χ4n) is 2.60. The first kappa shape index (κ1) is 26.2. The molecule has 0 aliphatic rings. The zero-order valence-electron chi connectivity index (χ0n) is 18.6. The van der Waals surface area contributed by atoms with Crippen molar-refractivity contribution in [2.24, 2.45) is 0 Å². The second-order valence-corrected chi connectivity index (χ2v) is 8.03. The average molecular weight is 444 g/mol. The molecule has 0 saturated heterocycles. The Morgan fingerprint density at radius 3 is 2.42 bits per heavy atom. The molecular weight excluding hydrogens is 410 g/mol. The molecule has 1 rings (SSSR count). The lowest BCUT2D eigenvalue weighted by Gasteiger charge is -2.07. The number of aryl methyl sites for hydroxylation is 2. The van der Waals surface area contributed by atoms with Crippen molar-refractivity contribution in [1.82, 2.24) is 16.0 Å². The van der Waals surface area contributed by atoms with Crippen LogP contribution in [0.3, 0.4) is 0 Å². The molecule has 0 spiro atoms. The first-order chi connectivity index (χ1) is 14.8. The highest BCUT2D eigenvalue weighted by atomic mass is 32.2. The van der Waals surface area contributed by atoms with E-state index in [9.17, 15) is 14.4 Å². The number of amides is 3. The molecule has 0 heterocycles. The van der Waals surface area contributed by atoms with Gasteiger partial charge in [-0.1, -0.05) is 48.6 Å². The van der Waals surface area contributed by atoms with E-state index in [1.807, 2.05) is 6.26 Å². The van der Waals surface area contributed by atoms with Crippen LogP contribution in [0.15, 0.2) is 60.3 Å². The fourth-order valence-corrected chi connectivity index (χ4v) is 2.94. The molecule has 0 saturated carbocycles. The Kier molecular flexibility index (Phi) is 12.8. The lowest BCUT2D eigenvalue weighted by Crippen LogP contribution is -2.34. The van der Waals surface area contributed by atoms with Gasteiger partial charge in [-0.2, -0.15) is 11.8 Å². The van der Waals surface area contributed by atoms with Gasteiger partial charge in [-0.3, -0.25) is 14.4 Å². The Morgan fingerprint density at radius 1 is 1.06 bits per heavy atom. The van der Waals surface area contributed by atoms with Gasteiger partial charge in [-0.25, -0.2) is 0 Å². The summed E-state index contributed by atoms with van der Waals surface area (Å²) in [4.78, 5) is 35.4. The zero-order chi connectivity index (χ0) is 23.1. The molecule has 1 aromatic carbocycles. The maximum absolute atomic E-state index is 12.0. The number of carbonyl (C=O) groups excluding carboxylic acids is 3. The summed E-state index contributed by atoms with van der Waals surface area (Å²) in [7, 11) is 0. The summed E-state index contributed by atoms with van der Waals surface area (Å²) < 4.78 is 0. The van der Waals surface area contributed by atoms with Crippen molar-refractivity contribution in [3.8, 4) is 0 Å². The van der Waals surface area contributed by atoms with Crippen LogP contribution in [0, 0.1) is 6.92 Å². The van der Waals surface area contributed by atoms with E-state index in [1.54, 1.807) is 25.2 Å². The second kappa shape index (κ2) is 15.1. The van der Waals surface area contributed by atoms with Crippen LogP contribution in [-0.2, 0) is 20.8 Å². The highest BCUT2D eigenvalue weighted by molar-refractivity contribution is 7.99. The minimum atomic E-state index is -0.303. The van der Waals surface area contributed by atoms with Crippen LogP contribution in [0.2, 0.25) is 0 Å². The van der Waals surface area contributed by atoms with Gasteiger partial charge >= 0.3 is 0 Å². The number of carbonyl (C=O) groups is 3. The predicted octanol–water partition coefficient (Wildman–Crippen LogP) is 3.05. The van der Waals surface area contributed by atoms with E-state index in [0.29, 0.717) is 36.5 Å². The number of thioether (sulfide) groups is 1. The first-order valence-corrected chi connectivity index (χ1v) is 11.6. The second-order valence-electron chi connectivity index (χ2n) is 7.16. The number of nitrogens with one attached hydrogen (secondary N) is 3. The molecule has 0 aliphatic heterocycles. The number of hydrogen-bond acceptors (Lipinski definition) is 4. The quantitative estimate of drug-likeness (QED) is 0.248. The van der Waals surface area contributed by atoms with Crippen molar-refractivity contribution in [3.05, 3.63) is 71.5 Å². The summed E-state index contributed by atoms with van der Waals surface area (Å²) in [5.74, 6) is 0.00258. The SMILES string of the molecule is C=C(/C=C\C=C(/C)NC(=O)CSC)C(=O)NCCNC(=O)CCCc1ccc(C)cc1. The number of allylic oxidation sites excluding steroid dienone is 3. The van der Waals surface area contributed by atoms with Crippen LogP contribution in [-0.4, -0.2) is 42.8 Å². The highest BCUT2D eigenvalue weighted by Gasteiger charge is 2.05. The topological polar surface area (TPSA) is 87.3 Å². The van der Waals surface area contributed by atoms with E-state index < -0.39 is 0 Å². The van der Waals surface area contributed by atoms with Gasteiger partial charge < -0.3 is 16.0 Å². The highest BCUT2D eigenvalue weighted by Crippen LogP contribution is 2.07. The van der Waals surface area contributed by atoms with E-state index in [2.05, 4.69) is 53.7 Å². The molecular formula is C24H33N3O3S. The molecule has 3 N–H and O–H groups in total. The summed E-state index contributed by atoms with van der Waals surface area (Å²) in [5.41, 5.74) is 3.44. The summed E-state index contributed by atoms with van der Waals surface area (Å²) >= 11 is 1.45. The molecule has 7 heteroatoms. The van der Waals surface area contributed by atoms with Crippen LogP contribution in [0.25, 0.3) is 0 Å². The third-order valence-corrected chi connectivity index (χ3v) is 4.82. The van der Waals surface area contributed by atoms with E-state index in [0.717, 1.165) is 12.8 Å². The Labute approximate surface area is 189 Å². The maximum Gasteiger partial charge on any atom is 0.250 e. The molecule has 168 valence electrons. The maximum atomic E-state index is 12.0. The monoisotopic (exact) mass is 443 g/mol. The molecule has 0 radical (unpaired) electrons. The van der Waals surface area contributed by atoms with Crippen molar-refractivity contribution in [2.45, 2.75) is 33.1 Å². The minimum absolute atomic E-state index is 0.0239. The number of hydrogen-bond donors (Lipinski definition) is 3. The average Bonchev–Trinajstić information content (AvgIpc) is 2.72. The van der Waals surface area contributed by atoms with E-state index >= 15 is 0 Å². The van der Waals surface area contributed by atoms with Crippen molar-refractivity contribution in [1.29, 1.82) is 0 Å². The van der Waals surface area contributed by atoms with Crippen LogP contribution < -0.4 is 16.0 Å². The van der Waals surface area contributed by atoms with Crippen LogP contribution >= 0.6 is 11.8 Å². The molecule has 1 aromatic rings. The normalized spacial score (nSPS) is 11.3. The minimum Gasteiger partial charge on any atom is -0.354 e. The largest absolute Gasteiger partial charge is 0.354 e. The third-order valence-electron chi connectivity index (χ3n) is 4.27. The van der Waals surface area contributed by atoms with Crippen molar-refractivity contribution >= 4 is 29.5 Å². The van der Waals surface area contributed by atoms with Gasteiger partial charge in [0, 0.05) is 30.8 Å². The van der Waals surface area contributed by atoms with Crippen molar-refractivity contribution in [2.75, 3.05) is 25.1 Å². The Morgan fingerprint density at radius 2 is 1.74 bits per heavy atom. The molecule has 0 unspecified atom stereocenters. The van der Waals surface area contributed by atoms with Gasteiger partial charge in [-0.15, -0.1) is 0 Å². The van der Waals surface area contributed by atoms with Crippen LogP contribution in [0.1, 0.15) is 30.9 Å². The standard InChI is InChI=1S/C24H33N3O3S/c1-18-11-13-21(14-12-18)9-6-10-22(28)25-15-16-26-24(30)19(2)7-5-8-20(3)27-23(29)17-31-4/h5,7-8,11-14H,2,6,9-10,15-17H2,1,3-4H3,(H,25,28)(H,26,30)(H,27,29)/b7-5-,20-8+. The predicted molar refractivity (Wildman–Crippen MR) is 129 cm³/mol. The van der Waals surface area contributed by atoms with E-state index in [4.69, 9.17) is 0 Å². The van der Waals surface area contributed by atoms with Gasteiger partial charge in [-0.05, 0) is 44.6 Å². The fraction of sp³-hybridized carbons (Fsp3) is 0.375. The molecule has 6 nitrogen and oxygen atoms in total. The molecule has 0 atom stereocenters. The molecule has 0 bridgehead atoms. The molecule has 31 heavy (non-hydrogen) atoms. The zero-order valence-corrected chi connectivity index (χ0v) is 19.4. The Balaban J connectivity index is 2.19. The third kappa shape index (κ3) is 12.5. The van der Waals surface area contributed by atoms with Gasteiger partial charge in [0.2, 0.25) is 11.8 Å². The van der Waals surface area contributed by atoms with Gasteiger partial charge in [0.1, 0.15) is 0 Å². The van der Waals surface area contributed by atoms with Gasteiger partial charge in [0.25, 0.3) is 5.91 Å². The molecule has 0 fully saturated rings. The Hall–Kier alpha value is -2.80. The van der Waals surface area contributed by atoms with Crippen LogP contribution in [0.5, 0.6) is 0 Å². The molecule has 0 aliphatic carbocycles. The van der Waals surface area contributed by atoms with Crippen molar-refractivity contribution in [3.63, 3.8) is 0 Å². The Bertz CT molecular complexity index is 814. The molecule has 0 aromatic heterocycles. The first-order valence-electron chi connectivity index (χ1n) is 10.2. The van der Waals surface area contributed by atoms with E-state index in [-0.39, 0.29) is 17.7 Å². The summed E-state index contributed by atoms with van der Waals surface area (Å²) in [6.45, 7) is 8.24. The number of rotatable bonds is 13. The summed E-state index contributed by atoms with van der Waals surface area (Å²) in [6.07, 6.45) is 8.90. The van der Waals surface area contributed by atoms with Gasteiger partial charge in [0.15, 0.2) is 0 Å².